The number of rotatable bonds is 3. The van der Waals surface area contributed by atoms with Gasteiger partial charge in [0.2, 0.25) is 0 Å². The standard InChI is InChI=1S/C11H12INO3/c1-7-5-8(3-4-9(7)12)11(16)13(2)6-10(14)15/h3-5H,6H2,1-2H3,(H,14,15). The van der Waals surface area contributed by atoms with E-state index < -0.39 is 5.97 Å². The third-order valence-corrected chi connectivity index (χ3v) is 3.33. The Kier molecular flexibility index (Phi) is 4.28. The SMILES string of the molecule is Cc1cc(C(=O)N(C)CC(=O)O)ccc1I. The van der Waals surface area contributed by atoms with E-state index in [0.717, 1.165) is 9.13 Å². The first-order chi connectivity index (χ1) is 7.41. The molecule has 0 unspecified atom stereocenters. The Hall–Kier alpha value is -1.11. The first-order valence-corrected chi connectivity index (χ1v) is 5.73. The lowest BCUT2D eigenvalue weighted by atomic mass is 10.1. The predicted molar refractivity (Wildman–Crippen MR) is 68.5 cm³/mol. The molecule has 1 rings (SSSR count). The summed E-state index contributed by atoms with van der Waals surface area (Å²) in [6, 6.07) is 5.32. The normalized spacial score (nSPS) is 9.94. The average Bonchev–Trinajstić information content (AvgIpc) is 2.20. The van der Waals surface area contributed by atoms with Crippen molar-refractivity contribution in [2.75, 3.05) is 13.6 Å². The third-order valence-electron chi connectivity index (χ3n) is 2.12. The maximum atomic E-state index is 11.8. The van der Waals surface area contributed by atoms with E-state index >= 15 is 0 Å². The average molecular weight is 333 g/mol. The van der Waals surface area contributed by atoms with Gasteiger partial charge in [-0.05, 0) is 53.3 Å². The van der Waals surface area contributed by atoms with Gasteiger partial charge in [-0.15, -0.1) is 0 Å². The summed E-state index contributed by atoms with van der Waals surface area (Å²) in [6.45, 7) is 1.62. The summed E-state index contributed by atoms with van der Waals surface area (Å²) in [5.74, 6) is -1.29. The smallest absolute Gasteiger partial charge is 0.323 e. The van der Waals surface area contributed by atoms with E-state index in [1.54, 1.807) is 12.1 Å². The number of benzene rings is 1. The fourth-order valence-corrected chi connectivity index (χ4v) is 1.61. The molecule has 0 aliphatic heterocycles. The number of halogens is 1. The molecule has 0 saturated carbocycles. The number of nitrogens with zero attached hydrogens (tertiary/aromatic N) is 1. The Balaban J connectivity index is 2.88. The van der Waals surface area contributed by atoms with Gasteiger partial charge in [0.25, 0.3) is 5.91 Å². The van der Waals surface area contributed by atoms with Crippen LogP contribution in [0.5, 0.6) is 0 Å². The van der Waals surface area contributed by atoms with E-state index in [1.807, 2.05) is 13.0 Å². The summed E-state index contributed by atoms with van der Waals surface area (Å²) in [7, 11) is 1.48. The Bertz CT molecular complexity index is 431. The van der Waals surface area contributed by atoms with Gasteiger partial charge in [-0.3, -0.25) is 9.59 Å². The lowest BCUT2D eigenvalue weighted by molar-refractivity contribution is -0.137. The predicted octanol–water partition coefficient (Wildman–Crippen LogP) is 1.76. The van der Waals surface area contributed by atoms with Gasteiger partial charge < -0.3 is 10.0 Å². The number of carboxylic acid groups (broad SMARTS) is 1. The van der Waals surface area contributed by atoms with Gasteiger partial charge in [0.05, 0.1) is 0 Å². The van der Waals surface area contributed by atoms with Crippen molar-refractivity contribution in [3.05, 3.63) is 32.9 Å². The van der Waals surface area contributed by atoms with Gasteiger partial charge in [0, 0.05) is 16.2 Å². The number of carbonyl (C=O) groups excluding carboxylic acids is 1. The van der Waals surface area contributed by atoms with Crippen molar-refractivity contribution >= 4 is 34.5 Å². The van der Waals surface area contributed by atoms with Crippen molar-refractivity contribution in [1.82, 2.24) is 4.90 Å². The molecule has 0 bridgehead atoms. The van der Waals surface area contributed by atoms with Crippen LogP contribution in [0.15, 0.2) is 18.2 Å². The van der Waals surface area contributed by atoms with E-state index in [0.29, 0.717) is 5.56 Å². The molecule has 5 heteroatoms. The molecule has 0 atom stereocenters. The Labute approximate surface area is 107 Å². The zero-order valence-corrected chi connectivity index (χ0v) is 11.2. The summed E-state index contributed by atoms with van der Waals surface area (Å²) in [6.07, 6.45) is 0. The van der Waals surface area contributed by atoms with Crippen molar-refractivity contribution < 1.29 is 14.7 Å². The summed E-state index contributed by atoms with van der Waals surface area (Å²) < 4.78 is 1.08. The van der Waals surface area contributed by atoms with Gasteiger partial charge in [-0.2, -0.15) is 0 Å². The molecule has 0 aromatic heterocycles. The lowest BCUT2D eigenvalue weighted by Gasteiger charge is -2.14. The number of carboxylic acids is 1. The zero-order valence-electron chi connectivity index (χ0n) is 9.03. The number of aryl methyl sites for hydroxylation is 1. The zero-order chi connectivity index (χ0) is 12.3. The fourth-order valence-electron chi connectivity index (χ4n) is 1.27. The van der Waals surface area contributed by atoms with Gasteiger partial charge in [0.15, 0.2) is 0 Å². The molecule has 1 aromatic carbocycles. The van der Waals surface area contributed by atoms with Gasteiger partial charge in [-0.25, -0.2) is 0 Å². The molecule has 0 aliphatic rings. The molecular formula is C11H12INO3. The number of hydrogen-bond donors (Lipinski definition) is 1. The first kappa shape index (κ1) is 13.0. The van der Waals surface area contributed by atoms with Crippen molar-refractivity contribution in [2.24, 2.45) is 0 Å². The van der Waals surface area contributed by atoms with Crippen LogP contribution in [0.1, 0.15) is 15.9 Å². The minimum absolute atomic E-state index is 0.276. The minimum atomic E-state index is -1.02. The highest BCUT2D eigenvalue weighted by Gasteiger charge is 2.14. The van der Waals surface area contributed by atoms with Crippen molar-refractivity contribution in [3.8, 4) is 0 Å². The first-order valence-electron chi connectivity index (χ1n) is 4.65. The second-order valence-electron chi connectivity index (χ2n) is 3.52. The molecule has 0 fully saturated rings. The quantitative estimate of drug-likeness (QED) is 0.858. The molecule has 0 spiro atoms. The number of hydrogen-bond acceptors (Lipinski definition) is 2. The summed E-state index contributed by atoms with van der Waals surface area (Å²) >= 11 is 2.18. The van der Waals surface area contributed by atoms with Crippen molar-refractivity contribution in [2.45, 2.75) is 6.92 Å². The Morgan fingerprint density at radius 2 is 2.06 bits per heavy atom. The Morgan fingerprint density at radius 3 is 2.56 bits per heavy atom. The minimum Gasteiger partial charge on any atom is -0.480 e. The molecule has 0 radical (unpaired) electrons. The van der Waals surface area contributed by atoms with Crippen LogP contribution in [0.2, 0.25) is 0 Å². The molecule has 1 amide bonds. The monoisotopic (exact) mass is 333 g/mol. The van der Waals surface area contributed by atoms with Crippen molar-refractivity contribution in [3.63, 3.8) is 0 Å². The molecule has 0 saturated heterocycles. The van der Waals surface area contributed by atoms with Crippen LogP contribution in [0, 0.1) is 10.5 Å². The molecular weight excluding hydrogens is 321 g/mol. The van der Waals surface area contributed by atoms with E-state index in [-0.39, 0.29) is 12.5 Å². The number of carbonyl (C=O) groups is 2. The number of likely N-dealkylation sites (N-methyl/N-ethyl adjacent to an activating group) is 1. The maximum Gasteiger partial charge on any atom is 0.323 e. The second kappa shape index (κ2) is 5.29. The highest BCUT2D eigenvalue weighted by atomic mass is 127. The van der Waals surface area contributed by atoms with E-state index in [1.165, 1.54) is 11.9 Å². The fraction of sp³-hybridized carbons (Fsp3) is 0.273. The molecule has 1 N–H and O–H groups in total. The maximum absolute atomic E-state index is 11.8. The van der Waals surface area contributed by atoms with E-state index in [2.05, 4.69) is 22.6 Å². The second-order valence-corrected chi connectivity index (χ2v) is 4.68. The van der Waals surface area contributed by atoms with E-state index in [9.17, 15) is 9.59 Å². The molecule has 86 valence electrons. The molecule has 1 aromatic rings. The molecule has 0 aliphatic carbocycles. The molecule has 4 nitrogen and oxygen atoms in total. The van der Waals surface area contributed by atoms with Gasteiger partial charge in [-0.1, -0.05) is 0 Å². The van der Waals surface area contributed by atoms with Crippen LogP contribution >= 0.6 is 22.6 Å². The van der Waals surface area contributed by atoms with Crippen LogP contribution in [-0.4, -0.2) is 35.5 Å². The largest absolute Gasteiger partial charge is 0.480 e. The van der Waals surface area contributed by atoms with E-state index in [4.69, 9.17) is 5.11 Å². The highest BCUT2D eigenvalue weighted by Crippen LogP contribution is 2.14. The lowest BCUT2D eigenvalue weighted by Crippen LogP contribution is -2.31. The van der Waals surface area contributed by atoms with Crippen LogP contribution < -0.4 is 0 Å². The topological polar surface area (TPSA) is 57.6 Å². The third kappa shape index (κ3) is 3.19. The van der Waals surface area contributed by atoms with Crippen LogP contribution in [-0.2, 0) is 4.79 Å². The van der Waals surface area contributed by atoms with Crippen molar-refractivity contribution in [1.29, 1.82) is 0 Å². The Morgan fingerprint density at radius 1 is 1.44 bits per heavy atom. The van der Waals surface area contributed by atoms with Crippen LogP contribution in [0.25, 0.3) is 0 Å². The van der Waals surface area contributed by atoms with Gasteiger partial charge in [0.1, 0.15) is 6.54 Å². The summed E-state index contributed by atoms with van der Waals surface area (Å²) in [5, 5.41) is 8.58. The summed E-state index contributed by atoms with van der Waals surface area (Å²) in [4.78, 5) is 23.5. The van der Waals surface area contributed by atoms with Crippen LogP contribution in [0.4, 0.5) is 0 Å². The molecule has 0 heterocycles. The number of aliphatic carboxylic acids is 1. The summed E-state index contributed by atoms with van der Waals surface area (Å²) in [5.41, 5.74) is 1.52. The van der Waals surface area contributed by atoms with Gasteiger partial charge >= 0.3 is 5.97 Å². The number of amides is 1. The highest BCUT2D eigenvalue weighted by molar-refractivity contribution is 14.1. The molecule has 16 heavy (non-hydrogen) atoms. The van der Waals surface area contributed by atoms with Crippen LogP contribution in [0.3, 0.4) is 0 Å².